The second kappa shape index (κ2) is 26.9. The normalized spacial score (nSPS) is 14.1. The molecule has 3 amide bonds. The molecule has 0 spiro atoms. The minimum atomic E-state index is -0.409. The zero-order chi connectivity index (χ0) is 53.8. The number of carbonyl (C=O) groups is 3. The van der Waals surface area contributed by atoms with Crippen LogP contribution in [0.1, 0.15) is 92.7 Å². The molecule has 8 rings (SSSR count). The summed E-state index contributed by atoms with van der Waals surface area (Å²) in [5, 5.41) is 1.63. The van der Waals surface area contributed by atoms with Crippen LogP contribution in [0.2, 0.25) is 10.0 Å². The van der Waals surface area contributed by atoms with Crippen molar-refractivity contribution in [3.63, 3.8) is 0 Å². The molecule has 11 nitrogen and oxygen atoms in total. The summed E-state index contributed by atoms with van der Waals surface area (Å²) < 4.78 is 3.55. The molecule has 2 heterocycles. The van der Waals surface area contributed by atoms with Crippen molar-refractivity contribution in [2.75, 3.05) is 54.4 Å². The third-order valence-electron chi connectivity index (χ3n) is 13.5. The molecule has 7 aromatic rings. The minimum Gasteiger partial charge on any atom is -0.332 e. The Bertz CT molecular complexity index is 3110. The van der Waals surface area contributed by atoms with Crippen LogP contribution in [0.5, 0.6) is 0 Å². The van der Waals surface area contributed by atoms with Crippen molar-refractivity contribution in [1.29, 1.82) is 0 Å². The number of hydrogen-bond donors (Lipinski definition) is 0. The zero-order valence-corrected chi connectivity index (χ0v) is 48.1. The Morgan fingerprint density at radius 1 is 0.640 bits per heavy atom. The monoisotopic (exact) mass is 1180 g/mol. The molecule has 0 saturated carbocycles. The van der Waals surface area contributed by atoms with Gasteiger partial charge < -0.3 is 24.5 Å². The van der Waals surface area contributed by atoms with Gasteiger partial charge in [0.15, 0.2) is 0 Å². The number of amides is 3. The first kappa shape index (κ1) is 57.0. The molecule has 3 unspecified atom stereocenters. The van der Waals surface area contributed by atoms with Crippen molar-refractivity contribution >= 4 is 83.7 Å². The minimum absolute atomic E-state index is 0.0196. The summed E-state index contributed by atoms with van der Waals surface area (Å²) in [6.45, 7) is 7.61. The number of nitrogens with zero attached hydrogens (tertiary/aromatic N) is 7. The van der Waals surface area contributed by atoms with Gasteiger partial charge in [-0.25, -0.2) is 4.98 Å². The topological polar surface area (TPSA) is 102 Å². The van der Waals surface area contributed by atoms with Crippen LogP contribution in [0.4, 0.5) is 0 Å². The van der Waals surface area contributed by atoms with Gasteiger partial charge >= 0.3 is 0 Å². The predicted octanol–water partition coefficient (Wildman–Crippen LogP) is 12.6. The van der Waals surface area contributed by atoms with Gasteiger partial charge in [0.2, 0.25) is 0 Å². The Balaban J connectivity index is 0.000000219. The van der Waals surface area contributed by atoms with Crippen LogP contribution in [-0.2, 0) is 19.5 Å². The van der Waals surface area contributed by atoms with E-state index in [0.717, 1.165) is 51.6 Å². The van der Waals surface area contributed by atoms with E-state index in [9.17, 15) is 19.2 Å². The fourth-order valence-corrected chi connectivity index (χ4v) is 10.6. The van der Waals surface area contributed by atoms with Crippen LogP contribution in [0.3, 0.4) is 0 Å². The smallest absolute Gasteiger partial charge is 0.261 e. The van der Waals surface area contributed by atoms with E-state index in [1.54, 1.807) is 28.8 Å². The van der Waals surface area contributed by atoms with Crippen molar-refractivity contribution in [3.8, 4) is 0 Å². The highest BCUT2D eigenvalue weighted by Crippen LogP contribution is 2.33. The number of halogens is 4. The molecule has 0 saturated heterocycles. The highest BCUT2D eigenvalue weighted by Gasteiger charge is 2.40. The molecule has 75 heavy (non-hydrogen) atoms. The summed E-state index contributed by atoms with van der Waals surface area (Å²) in [5.41, 5.74) is 5.29. The van der Waals surface area contributed by atoms with Crippen molar-refractivity contribution in [2.45, 2.75) is 70.7 Å². The van der Waals surface area contributed by atoms with E-state index in [1.807, 2.05) is 171 Å². The maximum Gasteiger partial charge on any atom is 0.261 e. The van der Waals surface area contributed by atoms with E-state index >= 15 is 0 Å². The van der Waals surface area contributed by atoms with Gasteiger partial charge in [-0.05, 0) is 162 Å². The molecule has 1 aliphatic rings. The van der Waals surface area contributed by atoms with Gasteiger partial charge in [0, 0.05) is 61.9 Å². The summed E-state index contributed by atoms with van der Waals surface area (Å²) >= 11 is 19.6. The maximum atomic E-state index is 13.9. The fourth-order valence-electron chi connectivity index (χ4n) is 9.72. The van der Waals surface area contributed by atoms with Crippen LogP contribution >= 0.6 is 55.1 Å². The van der Waals surface area contributed by atoms with Gasteiger partial charge in [-0.1, -0.05) is 130 Å². The van der Waals surface area contributed by atoms with E-state index in [2.05, 4.69) is 48.6 Å². The lowest BCUT2D eigenvalue weighted by molar-refractivity contribution is 0.0335. The second-order valence-electron chi connectivity index (χ2n) is 19.4. The van der Waals surface area contributed by atoms with E-state index in [-0.39, 0.29) is 35.4 Å². The predicted molar refractivity (Wildman–Crippen MR) is 311 cm³/mol. The van der Waals surface area contributed by atoms with Crippen molar-refractivity contribution in [3.05, 3.63) is 214 Å². The lowest BCUT2D eigenvalue weighted by atomic mass is 9.87. The first-order valence-electron chi connectivity index (χ1n) is 25.4. The first-order chi connectivity index (χ1) is 36.1. The molecular formula is C60H65Br2Cl2N7O4. The van der Waals surface area contributed by atoms with E-state index < -0.39 is 6.04 Å². The number of fused-ring (bicyclic) bond motifs is 2. The van der Waals surface area contributed by atoms with E-state index in [4.69, 9.17) is 28.2 Å². The molecule has 3 atom stereocenters. The molecule has 0 aliphatic carbocycles. The third kappa shape index (κ3) is 14.6. The summed E-state index contributed by atoms with van der Waals surface area (Å²) in [7, 11) is 8.05. The van der Waals surface area contributed by atoms with E-state index in [1.165, 1.54) is 0 Å². The number of carbonyl (C=O) groups excluding carboxylic acids is 3. The van der Waals surface area contributed by atoms with Crippen molar-refractivity contribution in [1.82, 2.24) is 34.1 Å². The second-order valence-corrected chi connectivity index (χ2v) is 22.1. The van der Waals surface area contributed by atoms with Crippen LogP contribution in [0.25, 0.3) is 10.9 Å². The van der Waals surface area contributed by atoms with Gasteiger partial charge in [-0.2, -0.15) is 0 Å². The third-order valence-corrected chi connectivity index (χ3v) is 15.1. The SMILES string of the molecule is CCC(C1Cc2cc(Cl)ccc2C(=O)N1Cc1ccccc1)N(CCN(C)C)C(=O)c1ccc(Br)cc1.CCC(c1nc2cc(Cl)ccc2c(=O)n1Cc1ccccc1)N(CCCN(C)C)C(=O)c1ccc(Br)cc1. The molecule has 6 aromatic carbocycles. The average Bonchev–Trinajstić information content (AvgIpc) is 3.40. The molecule has 15 heteroatoms. The number of likely N-dealkylation sites (N-methyl/N-ethyl adjacent to an activating group) is 1. The van der Waals surface area contributed by atoms with Gasteiger partial charge in [0.25, 0.3) is 23.3 Å². The molecule has 0 fully saturated rings. The Morgan fingerprint density at radius 2 is 1.19 bits per heavy atom. The molecule has 0 radical (unpaired) electrons. The highest BCUT2D eigenvalue weighted by molar-refractivity contribution is 9.10. The summed E-state index contributed by atoms with van der Waals surface area (Å²) in [6, 6.07) is 44.6. The largest absolute Gasteiger partial charge is 0.332 e. The number of rotatable bonds is 19. The average molecular weight is 1180 g/mol. The maximum absolute atomic E-state index is 13.9. The molecular weight excluding hydrogens is 1110 g/mol. The number of hydrogen-bond acceptors (Lipinski definition) is 7. The Hall–Kier alpha value is -5.67. The Kier molecular flexibility index (Phi) is 20.5. The molecule has 392 valence electrons. The molecule has 1 aromatic heterocycles. The van der Waals surface area contributed by atoms with Crippen LogP contribution in [0.15, 0.2) is 159 Å². The fraction of sp³-hybridized carbons (Fsp3) is 0.317. The highest BCUT2D eigenvalue weighted by atomic mass is 79.9. The van der Waals surface area contributed by atoms with Gasteiger partial charge in [0.1, 0.15) is 5.82 Å². The van der Waals surface area contributed by atoms with Gasteiger partial charge in [0.05, 0.1) is 35.6 Å². The lowest BCUT2D eigenvalue weighted by Gasteiger charge is -2.45. The summed E-state index contributed by atoms with van der Waals surface area (Å²) in [5.74, 6) is 0.431. The standard InChI is InChI=1S/C30H32BrClN4O2.C30H33BrClN3O2/c1-4-27(35(18-8-17-34(2)3)29(37)22-11-13-23(31)14-12-22)28-33-26-19-24(32)15-16-25(26)30(38)36(28)20-21-9-6-5-7-10-21;1-4-27(34(17-16-33(2)3)29(36)22-10-12-24(31)13-11-22)28-19-23-18-25(32)14-15-26(23)30(37)35(28)20-21-8-6-5-7-9-21/h5-7,9-16,19,27H,4,8,17-18,20H2,1-3H3;5-15,18,27-28H,4,16-17,19-20H2,1-3H3. The molecule has 1 aliphatic heterocycles. The summed E-state index contributed by atoms with van der Waals surface area (Å²) in [4.78, 5) is 70.6. The van der Waals surface area contributed by atoms with Crippen LogP contribution < -0.4 is 5.56 Å². The zero-order valence-electron chi connectivity index (χ0n) is 43.4. The van der Waals surface area contributed by atoms with E-state index in [0.29, 0.717) is 82.5 Å². The number of aromatic nitrogens is 2. The Morgan fingerprint density at radius 3 is 1.75 bits per heavy atom. The lowest BCUT2D eigenvalue weighted by Crippen LogP contribution is -2.58. The quantitative estimate of drug-likeness (QED) is 0.0795. The summed E-state index contributed by atoms with van der Waals surface area (Å²) in [6.07, 6.45) is 2.74. The van der Waals surface area contributed by atoms with Crippen molar-refractivity contribution < 1.29 is 14.4 Å². The van der Waals surface area contributed by atoms with Crippen molar-refractivity contribution in [2.24, 2.45) is 0 Å². The molecule has 0 N–H and O–H groups in total. The van der Waals surface area contributed by atoms with Crippen LogP contribution in [-0.4, -0.2) is 118 Å². The van der Waals surface area contributed by atoms with Crippen LogP contribution in [0, 0.1) is 0 Å². The van der Waals surface area contributed by atoms with Gasteiger partial charge in [-0.3, -0.25) is 23.7 Å². The number of benzene rings is 6. The molecule has 0 bridgehead atoms. The Labute approximate surface area is 468 Å². The first-order valence-corrected chi connectivity index (χ1v) is 27.7. The van der Waals surface area contributed by atoms with Gasteiger partial charge in [-0.15, -0.1) is 0 Å².